The molecule has 0 unspecified atom stereocenters. The lowest BCUT2D eigenvalue weighted by molar-refractivity contribution is 0.628. The second-order valence-electron chi connectivity index (χ2n) is 5.62. The van der Waals surface area contributed by atoms with Crippen molar-refractivity contribution in [3.05, 3.63) is 57.9 Å². The van der Waals surface area contributed by atoms with E-state index in [0.717, 1.165) is 50.8 Å². The summed E-state index contributed by atoms with van der Waals surface area (Å²) < 4.78 is 13.2. The number of nitrogens with one attached hydrogen (secondary N) is 1. The van der Waals surface area contributed by atoms with Crippen LogP contribution < -0.4 is 5.32 Å². The molecule has 3 heterocycles. The Morgan fingerprint density at radius 3 is 2.68 bits per heavy atom. The van der Waals surface area contributed by atoms with Crippen LogP contribution in [0.15, 0.2) is 41.4 Å². The highest BCUT2D eigenvalue weighted by Crippen LogP contribution is 2.36. The van der Waals surface area contributed by atoms with Crippen molar-refractivity contribution in [2.75, 3.05) is 11.9 Å². The average molecular weight is 370 g/mol. The molecule has 0 aliphatic heterocycles. The molecule has 0 fully saturated rings. The van der Waals surface area contributed by atoms with E-state index in [-0.39, 0.29) is 5.82 Å². The van der Waals surface area contributed by atoms with Crippen LogP contribution in [-0.2, 0) is 6.42 Å². The third-order valence-electron chi connectivity index (χ3n) is 3.82. The molecule has 0 bridgehead atoms. The summed E-state index contributed by atoms with van der Waals surface area (Å²) in [4.78, 5) is 14.2. The van der Waals surface area contributed by atoms with Crippen LogP contribution in [0.25, 0.3) is 21.3 Å². The van der Waals surface area contributed by atoms with Crippen LogP contribution in [-0.4, -0.2) is 21.5 Å². The van der Waals surface area contributed by atoms with Gasteiger partial charge in [0.05, 0.1) is 10.4 Å². The number of hydrogen-bond acceptors (Lipinski definition) is 6. The number of aryl methyl sites for hydroxylation is 1. The second-order valence-corrected chi connectivity index (χ2v) is 7.42. The molecule has 0 radical (unpaired) electrons. The van der Waals surface area contributed by atoms with Crippen LogP contribution in [0.3, 0.4) is 0 Å². The van der Waals surface area contributed by atoms with Crippen molar-refractivity contribution in [3.63, 3.8) is 0 Å². The fraction of sp³-hybridized carbons (Fsp3) is 0.167. The Kier molecular flexibility index (Phi) is 4.42. The van der Waals surface area contributed by atoms with Gasteiger partial charge in [0.25, 0.3) is 0 Å². The van der Waals surface area contributed by atoms with E-state index in [1.807, 2.05) is 12.3 Å². The summed E-state index contributed by atoms with van der Waals surface area (Å²) in [6, 6.07) is 6.51. The molecule has 0 atom stereocenters. The van der Waals surface area contributed by atoms with Gasteiger partial charge >= 0.3 is 0 Å². The first-order chi connectivity index (χ1) is 12.2. The molecule has 4 rings (SSSR count). The van der Waals surface area contributed by atoms with Crippen LogP contribution >= 0.6 is 22.7 Å². The number of thiophene rings is 1. The Morgan fingerprint density at radius 2 is 1.92 bits per heavy atom. The average Bonchev–Trinajstić information content (AvgIpc) is 3.22. The van der Waals surface area contributed by atoms with Crippen molar-refractivity contribution < 1.29 is 4.39 Å². The Labute approximate surface area is 152 Å². The summed E-state index contributed by atoms with van der Waals surface area (Å²) in [6.07, 6.45) is 2.42. The second kappa shape index (κ2) is 6.85. The van der Waals surface area contributed by atoms with Gasteiger partial charge < -0.3 is 5.32 Å². The summed E-state index contributed by atoms with van der Waals surface area (Å²) in [7, 11) is 0. The molecule has 0 spiro atoms. The Balaban J connectivity index is 1.62. The summed E-state index contributed by atoms with van der Waals surface area (Å²) >= 11 is 3.24. The molecule has 0 amide bonds. The van der Waals surface area contributed by atoms with Crippen LogP contribution in [0.1, 0.15) is 10.7 Å². The highest BCUT2D eigenvalue weighted by atomic mass is 32.1. The largest absolute Gasteiger partial charge is 0.369 e. The molecule has 7 heteroatoms. The fourth-order valence-electron chi connectivity index (χ4n) is 2.66. The Bertz CT molecular complexity index is 1010. The fourth-order valence-corrected chi connectivity index (χ4v) is 4.35. The number of nitrogens with zero attached hydrogens (tertiary/aromatic N) is 3. The van der Waals surface area contributed by atoms with Gasteiger partial charge in [-0.25, -0.2) is 19.3 Å². The monoisotopic (exact) mass is 370 g/mol. The van der Waals surface area contributed by atoms with Crippen molar-refractivity contribution >= 4 is 38.7 Å². The maximum atomic E-state index is 13.2. The minimum atomic E-state index is -0.239. The van der Waals surface area contributed by atoms with Crippen molar-refractivity contribution in [3.8, 4) is 11.1 Å². The zero-order valence-corrected chi connectivity index (χ0v) is 15.1. The maximum absolute atomic E-state index is 13.2. The highest BCUT2D eigenvalue weighted by molar-refractivity contribution is 7.17. The molecule has 126 valence electrons. The van der Waals surface area contributed by atoms with Crippen LogP contribution in [0, 0.1) is 12.7 Å². The zero-order valence-electron chi connectivity index (χ0n) is 13.5. The number of rotatable bonds is 5. The minimum Gasteiger partial charge on any atom is -0.369 e. The lowest BCUT2D eigenvalue weighted by Crippen LogP contribution is -2.06. The van der Waals surface area contributed by atoms with Gasteiger partial charge in [0.1, 0.15) is 22.8 Å². The van der Waals surface area contributed by atoms with Crippen molar-refractivity contribution in [1.82, 2.24) is 15.0 Å². The van der Waals surface area contributed by atoms with Gasteiger partial charge in [0, 0.05) is 35.0 Å². The van der Waals surface area contributed by atoms with Gasteiger partial charge in [-0.3, -0.25) is 0 Å². The first kappa shape index (κ1) is 16.1. The van der Waals surface area contributed by atoms with Gasteiger partial charge in [0.2, 0.25) is 0 Å². The van der Waals surface area contributed by atoms with Crippen LogP contribution in [0.4, 0.5) is 10.2 Å². The predicted octanol–water partition coefficient (Wildman–Crippen LogP) is 4.92. The number of aromatic nitrogens is 3. The van der Waals surface area contributed by atoms with E-state index < -0.39 is 0 Å². The van der Waals surface area contributed by atoms with Crippen molar-refractivity contribution in [1.29, 1.82) is 0 Å². The normalized spacial score (nSPS) is 11.1. The molecule has 3 aromatic heterocycles. The molecule has 0 saturated carbocycles. The molecular weight excluding hydrogens is 355 g/mol. The summed E-state index contributed by atoms with van der Waals surface area (Å²) in [5.74, 6) is 0.565. The molecule has 0 saturated heterocycles. The van der Waals surface area contributed by atoms with E-state index >= 15 is 0 Å². The quantitative estimate of drug-likeness (QED) is 0.542. The number of halogens is 1. The van der Waals surface area contributed by atoms with E-state index in [0.29, 0.717) is 0 Å². The molecule has 0 aliphatic rings. The summed E-state index contributed by atoms with van der Waals surface area (Å²) in [5, 5.41) is 9.60. The Hall–Kier alpha value is -2.38. The Morgan fingerprint density at radius 1 is 1.08 bits per heavy atom. The van der Waals surface area contributed by atoms with Gasteiger partial charge in [-0.15, -0.1) is 22.7 Å². The zero-order chi connectivity index (χ0) is 17.2. The first-order valence-electron chi connectivity index (χ1n) is 7.84. The number of thiazole rings is 1. The number of fused-ring (bicyclic) bond motifs is 1. The van der Waals surface area contributed by atoms with Gasteiger partial charge in [0.15, 0.2) is 0 Å². The van der Waals surface area contributed by atoms with E-state index in [2.05, 4.69) is 25.6 Å². The number of anilines is 1. The highest BCUT2D eigenvalue weighted by Gasteiger charge is 2.13. The van der Waals surface area contributed by atoms with Gasteiger partial charge in [-0.2, -0.15) is 0 Å². The molecule has 0 aliphatic carbocycles. The van der Waals surface area contributed by atoms with Gasteiger partial charge in [-0.05, 0) is 24.6 Å². The molecule has 1 aromatic carbocycles. The maximum Gasteiger partial charge on any atom is 0.138 e. The van der Waals surface area contributed by atoms with E-state index in [1.54, 1.807) is 41.1 Å². The van der Waals surface area contributed by atoms with Crippen LogP contribution in [0.2, 0.25) is 0 Å². The minimum absolute atomic E-state index is 0.239. The standard InChI is InChI=1S/C18H15FN4S2/c1-11-8-24-15(23-11)6-7-20-17-16-14(9-25-18(16)22-10-21-17)12-2-4-13(19)5-3-12/h2-5,8-10H,6-7H2,1H3,(H,20,21,22). The smallest absolute Gasteiger partial charge is 0.138 e. The number of hydrogen-bond donors (Lipinski definition) is 1. The lowest BCUT2D eigenvalue weighted by atomic mass is 10.1. The lowest BCUT2D eigenvalue weighted by Gasteiger charge is -2.07. The van der Waals surface area contributed by atoms with Crippen molar-refractivity contribution in [2.24, 2.45) is 0 Å². The first-order valence-corrected chi connectivity index (χ1v) is 9.59. The third kappa shape index (κ3) is 3.38. The molecule has 1 N–H and O–H groups in total. The molecule has 4 nitrogen and oxygen atoms in total. The number of benzene rings is 1. The molecule has 4 aromatic rings. The molecule has 25 heavy (non-hydrogen) atoms. The summed E-state index contributed by atoms with van der Waals surface area (Å²) in [5.41, 5.74) is 3.04. The van der Waals surface area contributed by atoms with E-state index in [1.165, 1.54) is 12.1 Å². The predicted molar refractivity (Wildman–Crippen MR) is 102 cm³/mol. The third-order valence-corrected chi connectivity index (χ3v) is 5.74. The van der Waals surface area contributed by atoms with Gasteiger partial charge in [-0.1, -0.05) is 12.1 Å². The van der Waals surface area contributed by atoms with Crippen molar-refractivity contribution in [2.45, 2.75) is 13.3 Å². The van der Waals surface area contributed by atoms with E-state index in [4.69, 9.17) is 0 Å². The topological polar surface area (TPSA) is 50.7 Å². The van der Waals surface area contributed by atoms with Crippen LogP contribution in [0.5, 0.6) is 0 Å². The molecular formula is C18H15FN4S2. The SMILES string of the molecule is Cc1csc(CCNc2ncnc3scc(-c4ccc(F)cc4)c23)n1. The van der Waals surface area contributed by atoms with E-state index in [9.17, 15) is 4.39 Å². The summed E-state index contributed by atoms with van der Waals surface area (Å²) in [6.45, 7) is 2.75.